The summed E-state index contributed by atoms with van der Waals surface area (Å²) in [5, 5.41) is 19.4. The van der Waals surface area contributed by atoms with E-state index in [1.165, 1.54) is 0 Å². The van der Waals surface area contributed by atoms with Gasteiger partial charge in [-0.3, -0.25) is 0 Å². The smallest absolute Gasteiger partial charge is 0.126 e. The van der Waals surface area contributed by atoms with Gasteiger partial charge >= 0.3 is 0 Å². The molecule has 0 aliphatic heterocycles. The van der Waals surface area contributed by atoms with E-state index in [4.69, 9.17) is 0 Å². The van der Waals surface area contributed by atoms with Crippen LogP contribution >= 0.6 is 0 Å². The van der Waals surface area contributed by atoms with Crippen LogP contribution in [0.25, 0.3) is 22.3 Å². The predicted octanol–water partition coefficient (Wildman–Crippen LogP) is 6.43. The highest BCUT2D eigenvalue weighted by Gasteiger charge is 2.04. The van der Waals surface area contributed by atoms with Crippen molar-refractivity contribution in [1.29, 1.82) is 0 Å². The fourth-order valence-electron chi connectivity index (χ4n) is 2.85. The van der Waals surface area contributed by atoms with Gasteiger partial charge in [0.1, 0.15) is 11.5 Å². The van der Waals surface area contributed by atoms with Crippen LogP contribution in [0.5, 0.6) is 11.5 Å². The molecule has 0 aliphatic carbocycles. The SMILES string of the molecule is Cc1cccc(-c2ccccc2)c1O.Oc1ccccc1-c1ccccc1. The maximum Gasteiger partial charge on any atom is 0.126 e. The summed E-state index contributed by atoms with van der Waals surface area (Å²) < 4.78 is 0. The van der Waals surface area contributed by atoms with E-state index in [-0.39, 0.29) is 0 Å². The molecule has 27 heavy (non-hydrogen) atoms. The van der Waals surface area contributed by atoms with E-state index in [9.17, 15) is 10.2 Å². The van der Waals surface area contributed by atoms with Crippen LogP contribution in [0.1, 0.15) is 5.56 Å². The fraction of sp³-hybridized carbons (Fsp3) is 0.0400. The molecular weight excluding hydrogens is 332 g/mol. The molecule has 0 atom stereocenters. The summed E-state index contributed by atoms with van der Waals surface area (Å²) in [6.07, 6.45) is 0. The maximum atomic E-state index is 9.85. The first-order chi connectivity index (χ1) is 13.2. The lowest BCUT2D eigenvalue weighted by atomic mass is 10.0. The molecule has 0 radical (unpaired) electrons. The van der Waals surface area contributed by atoms with Crippen LogP contribution in [-0.4, -0.2) is 10.2 Å². The van der Waals surface area contributed by atoms with Gasteiger partial charge < -0.3 is 10.2 Å². The number of hydrogen-bond donors (Lipinski definition) is 2. The molecule has 0 aliphatic rings. The number of hydrogen-bond acceptors (Lipinski definition) is 2. The highest BCUT2D eigenvalue weighted by molar-refractivity contribution is 5.71. The van der Waals surface area contributed by atoms with Gasteiger partial charge in [0.25, 0.3) is 0 Å². The van der Waals surface area contributed by atoms with Gasteiger partial charge in [-0.15, -0.1) is 0 Å². The highest BCUT2D eigenvalue weighted by atomic mass is 16.3. The minimum atomic E-state index is 0.328. The summed E-state index contributed by atoms with van der Waals surface area (Å²) in [4.78, 5) is 0. The summed E-state index contributed by atoms with van der Waals surface area (Å²) in [5.74, 6) is 0.701. The zero-order valence-corrected chi connectivity index (χ0v) is 15.2. The molecule has 0 amide bonds. The van der Waals surface area contributed by atoms with Crippen molar-refractivity contribution >= 4 is 0 Å². The molecule has 0 heterocycles. The van der Waals surface area contributed by atoms with Gasteiger partial charge in [0, 0.05) is 11.1 Å². The molecule has 0 saturated heterocycles. The highest BCUT2D eigenvalue weighted by Crippen LogP contribution is 2.31. The molecule has 2 N–H and O–H groups in total. The Balaban J connectivity index is 0.000000156. The Morgan fingerprint density at radius 2 is 0.963 bits per heavy atom. The molecule has 4 aromatic carbocycles. The lowest BCUT2D eigenvalue weighted by molar-refractivity contribution is 0.473. The van der Waals surface area contributed by atoms with E-state index < -0.39 is 0 Å². The third-order valence-electron chi connectivity index (χ3n) is 4.31. The van der Waals surface area contributed by atoms with E-state index in [1.807, 2.05) is 104 Å². The lowest BCUT2D eigenvalue weighted by Gasteiger charge is -2.06. The molecule has 0 bridgehead atoms. The van der Waals surface area contributed by atoms with Crippen LogP contribution in [0.15, 0.2) is 103 Å². The number of aryl methyl sites for hydroxylation is 1. The van der Waals surface area contributed by atoms with Gasteiger partial charge in [-0.1, -0.05) is 97.1 Å². The van der Waals surface area contributed by atoms with Crippen LogP contribution < -0.4 is 0 Å². The average molecular weight is 354 g/mol. The largest absolute Gasteiger partial charge is 0.507 e. The van der Waals surface area contributed by atoms with Crippen LogP contribution in [-0.2, 0) is 0 Å². The van der Waals surface area contributed by atoms with E-state index in [1.54, 1.807) is 6.07 Å². The van der Waals surface area contributed by atoms with Crippen LogP contribution in [0.4, 0.5) is 0 Å². The molecule has 2 nitrogen and oxygen atoms in total. The average Bonchev–Trinajstić information content (AvgIpc) is 2.72. The van der Waals surface area contributed by atoms with E-state index >= 15 is 0 Å². The Kier molecular flexibility index (Phi) is 5.91. The zero-order valence-electron chi connectivity index (χ0n) is 15.2. The van der Waals surface area contributed by atoms with E-state index in [2.05, 4.69) is 0 Å². The fourth-order valence-corrected chi connectivity index (χ4v) is 2.85. The number of para-hydroxylation sites is 2. The van der Waals surface area contributed by atoms with Crippen LogP contribution in [0.2, 0.25) is 0 Å². The van der Waals surface area contributed by atoms with Crippen molar-refractivity contribution in [2.24, 2.45) is 0 Å². The minimum absolute atomic E-state index is 0.328. The van der Waals surface area contributed by atoms with E-state index in [0.29, 0.717) is 11.5 Å². The number of benzene rings is 4. The third-order valence-corrected chi connectivity index (χ3v) is 4.31. The van der Waals surface area contributed by atoms with Crippen LogP contribution in [0, 0.1) is 6.92 Å². The molecule has 0 saturated carbocycles. The Labute approximate surface area is 160 Å². The Morgan fingerprint density at radius 1 is 0.481 bits per heavy atom. The Hall–Kier alpha value is -3.52. The Bertz CT molecular complexity index is 993. The lowest BCUT2D eigenvalue weighted by Crippen LogP contribution is -1.81. The summed E-state index contributed by atoms with van der Waals surface area (Å²) in [5.41, 5.74) is 4.77. The molecule has 0 aromatic heterocycles. The number of phenolic OH excluding ortho intramolecular Hbond substituents is 2. The van der Waals surface area contributed by atoms with Gasteiger partial charge in [0.05, 0.1) is 0 Å². The molecule has 0 unspecified atom stereocenters. The summed E-state index contributed by atoms with van der Waals surface area (Å²) in [6.45, 7) is 1.90. The molecule has 2 heteroatoms. The normalized spacial score (nSPS) is 9.96. The molecule has 4 aromatic rings. The van der Waals surface area contributed by atoms with Crippen molar-refractivity contribution in [3.8, 4) is 33.8 Å². The second kappa shape index (κ2) is 8.72. The number of phenols is 2. The van der Waals surface area contributed by atoms with Gasteiger partial charge in [0.15, 0.2) is 0 Å². The molecule has 134 valence electrons. The Morgan fingerprint density at radius 3 is 1.56 bits per heavy atom. The first kappa shape index (κ1) is 18.3. The van der Waals surface area contributed by atoms with Crippen molar-refractivity contribution in [2.45, 2.75) is 6.92 Å². The van der Waals surface area contributed by atoms with Crippen molar-refractivity contribution in [3.63, 3.8) is 0 Å². The monoisotopic (exact) mass is 354 g/mol. The second-order valence-corrected chi connectivity index (χ2v) is 6.22. The molecular formula is C25H22O2. The minimum Gasteiger partial charge on any atom is -0.507 e. The van der Waals surface area contributed by atoms with Gasteiger partial charge in [-0.2, -0.15) is 0 Å². The van der Waals surface area contributed by atoms with Crippen molar-refractivity contribution in [3.05, 3.63) is 109 Å². The first-order valence-corrected chi connectivity index (χ1v) is 8.84. The zero-order chi connectivity index (χ0) is 19.1. The molecule has 0 fully saturated rings. The molecule has 0 spiro atoms. The van der Waals surface area contributed by atoms with Crippen LogP contribution in [0.3, 0.4) is 0 Å². The van der Waals surface area contributed by atoms with Gasteiger partial charge in [-0.25, -0.2) is 0 Å². The van der Waals surface area contributed by atoms with Gasteiger partial charge in [0.2, 0.25) is 0 Å². The first-order valence-electron chi connectivity index (χ1n) is 8.84. The van der Waals surface area contributed by atoms with Crippen molar-refractivity contribution < 1.29 is 10.2 Å². The van der Waals surface area contributed by atoms with Crippen molar-refractivity contribution in [1.82, 2.24) is 0 Å². The molecule has 4 rings (SSSR count). The summed E-state index contributed by atoms with van der Waals surface area (Å²) in [7, 11) is 0. The summed E-state index contributed by atoms with van der Waals surface area (Å²) in [6, 6.07) is 32.9. The standard InChI is InChI=1S/C13H12O.C12H10O/c1-10-6-5-9-12(13(10)14)11-7-3-2-4-8-11;13-12-9-5-4-8-11(12)10-6-2-1-3-7-10/h2-9,14H,1H3;1-9,13H. The predicted molar refractivity (Wildman–Crippen MR) is 112 cm³/mol. The van der Waals surface area contributed by atoms with Crippen molar-refractivity contribution in [2.75, 3.05) is 0 Å². The van der Waals surface area contributed by atoms with Gasteiger partial charge in [-0.05, 0) is 29.7 Å². The second-order valence-electron chi connectivity index (χ2n) is 6.22. The topological polar surface area (TPSA) is 40.5 Å². The quantitative estimate of drug-likeness (QED) is 0.435. The summed E-state index contributed by atoms with van der Waals surface area (Å²) >= 11 is 0. The maximum absolute atomic E-state index is 9.85. The number of aromatic hydroxyl groups is 2. The van der Waals surface area contributed by atoms with E-state index in [0.717, 1.165) is 27.8 Å². The number of rotatable bonds is 2. The third kappa shape index (κ3) is 4.56.